The first-order valence-corrected chi connectivity index (χ1v) is 10.2. The normalized spacial score (nSPS) is 20.6. The Morgan fingerprint density at radius 1 is 1.22 bits per heavy atom. The summed E-state index contributed by atoms with van der Waals surface area (Å²) in [5, 5.41) is 8.10. The summed E-state index contributed by atoms with van der Waals surface area (Å²) in [5.74, 6) is 0.0323. The maximum Gasteiger partial charge on any atom is 0.225 e. The Balaban J connectivity index is 1.47. The van der Waals surface area contributed by atoms with Gasteiger partial charge in [0.15, 0.2) is 0 Å². The van der Waals surface area contributed by atoms with E-state index >= 15 is 0 Å². The van der Waals surface area contributed by atoms with E-state index in [1.165, 1.54) is 0 Å². The first-order chi connectivity index (χ1) is 13.1. The van der Waals surface area contributed by atoms with Crippen molar-refractivity contribution in [2.45, 2.75) is 31.8 Å². The molecule has 27 heavy (non-hydrogen) atoms. The van der Waals surface area contributed by atoms with Crippen LogP contribution in [0, 0.1) is 5.92 Å². The molecule has 0 aliphatic carbocycles. The highest BCUT2D eigenvalue weighted by molar-refractivity contribution is 7.10. The molecule has 2 amide bonds. The number of thiophene rings is 1. The Morgan fingerprint density at radius 2 is 2.11 bits per heavy atom. The van der Waals surface area contributed by atoms with E-state index in [-0.39, 0.29) is 23.8 Å². The third-order valence-electron chi connectivity index (χ3n) is 4.75. The predicted octanol–water partition coefficient (Wildman–Crippen LogP) is 1.83. The van der Waals surface area contributed by atoms with Crippen LogP contribution in [0.15, 0.2) is 41.9 Å². The van der Waals surface area contributed by atoms with Crippen LogP contribution in [0.1, 0.15) is 23.4 Å². The minimum absolute atomic E-state index is 0.0499. The van der Waals surface area contributed by atoms with Crippen LogP contribution in [0.2, 0.25) is 0 Å². The maximum absolute atomic E-state index is 12.6. The molecule has 3 rings (SSSR count). The smallest absolute Gasteiger partial charge is 0.225 e. The molecule has 0 unspecified atom stereocenters. The number of carbonyl (C=O) groups excluding carboxylic acids is 2. The second kappa shape index (κ2) is 9.62. The molecule has 0 bridgehead atoms. The fourth-order valence-corrected chi connectivity index (χ4v) is 4.12. The highest BCUT2D eigenvalue weighted by Crippen LogP contribution is 2.17. The lowest BCUT2D eigenvalue weighted by molar-refractivity contribution is -0.125. The Labute approximate surface area is 164 Å². The van der Waals surface area contributed by atoms with Gasteiger partial charge >= 0.3 is 0 Å². The number of rotatable bonds is 6. The number of aromatic nitrogens is 1. The highest BCUT2D eigenvalue weighted by Gasteiger charge is 2.27. The van der Waals surface area contributed by atoms with Crippen LogP contribution in [0.25, 0.3) is 0 Å². The molecular weight excluding hydrogens is 360 g/mol. The first kappa shape index (κ1) is 19.5. The van der Waals surface area contributed by atoms with Crippen LogP contribution in [0.4, 0.5) is 0 Å². The van der Waals surface area contributed by atoms with Crippen LogP contribution in [0.5, 0.6) is 0 Å². The maximum atomic E-state index is 12.6. The van der Waals surface area contributed by atoms with Crippen molar-refractivity contribution in [3.8, 4) is 0 Å². The number of pyridine rings is 1. The number of likely N-dealkylation sites (N-methyl/N-ethyl adjacent to an activating group) is 1. The lowest BCUT2D eigenvalue weighted by atomic mass is 10.0. The lowest BCUT2D eigenvalue weighted by Gasteiger charge is -2.21. The molecule has 7 heteroatoms. The van der Waals surface area contributed by atoms with Crippen molar-refractivity contribution < 1.29 is 9.59 Å². The predicted molar refractivity (Wildman–Crippen MR) is 106 cm³/mol. The molecule has 0 saturated carbocycles. The number of likely N-dealkylation sites (tertiary alicyclic amines) is 1. The molecular formula is C20H26N4O2S. The zero-order chi connectivity index (χ0) is 19.1. The summed E-state index contributed by atoms with van der Waals surface area (Å²) >= 11 is 1.60. The first-order valence-electron chi connectivity index (χ1n) is 9.28. The molecule has 2 atom stereocenters. The molecule has 0 spiro atoms. The van der Waals surface area contributed by atoms with Gasteiger partial charge in [-0.25, -0.2) is 0 Å². The van der Waals surface area contributed by atoms with Crippen molar-refractivity contribution in [1.29, 1.82) is 0 Å². The van der Waals surface area contributed by atoms with E-state index in [9.17, 15) is 9.59 Å². The standard InChI is InChI=1S/C20H26N4O2S/c1-24-13-15(20(26)22-12-16-5-2-3-9-21-16)7-8-17(14-24)23-19(25)11-18-6-4-10-27-18/h2-6,9-10,15,17H,7-8,11-14H2,1H3,(H,22,26)(H,23,25)/t15-,17+/m1/s1. The molecule has 1 saturated heterocycles. The number of hydrogen-bond donors (Lipinski definition) is 2. The second-order valence-corrected chi connectivity index (χ2v) is 8.09. The van der Waals surface area contributed by atoms with Gasteiger partial charge in [0.05, 0.1) is 24.6 Å². The largest absolute Gasteiger partial charge is 0.352 e. The van der Waals surface area contributed by atoms with Crippen LogP contribution >= 0.6 is 11.3 Å². The molecule has 1 fully saturated rings. The van der Waals surface area contributed by atoms with E-state index in [0.717, 1.165) is 30.0 Å². The van der Waals surface area contributed by atoms with Crippen molar-refractivity contribution in [3.05, 3.63) is 52.5 Å². The third-order valence-corrected chi connectivity index (χ3v) is 5.62. The van der Waals surface area contributed by atoms with Gasteiger partial charge in [-0.1, -0.05) is 12.1 Å². The molecule has 1 aliphatic rings. The molecule has 144 valence electrons. The van der Waals surface area contributed by atoms with E-state index < -0.39 is 0 Å². The zero-order valence-electron chi connectivity index (χ0n) is 15.6. The van der Waals surface area contributed by atoms with E-state index in [1.54, 1.807) is 17.5 Å². The Hall–Kier alpha value is -2.25. The minimum Gasteiger partial charge on any atom is -0.352 e. The number of carbonyl (C=O) groups is 2. The van der Waals surface area contributed by atoms with Crippen molar-refractivity contribution in [1.82, 2.24) is 20.5 Å². The summed E-state index contributed by atoms with van der Waals surface area (Å²) in [6, 6.07) is 9.69. The minimum atomic E-state index is -0.0714. The molecule has 0 aromatic carbocycles. The quantitative estimate of drug-likeness (QED) is 0.794. The summed E-state index contributed by atoms with van der Waals surface area (Å²) < 4.78 is 0. The van der Waals surface area contributed by atoms with Crippen LogP contribution in [-0.2, 0) is 22.6 Å². The zero-order valence-corrected chi connectivity index (χ0v) is 16.4. The highest BCUT2D eigenvalue weighted by atomic mass is 32.1. The summed E-state index contributed by atoms with van der Waals surface area (Å²) in [4.78, 5) is 32.3. The van der Waals surface area contributed by atoms with Gasteiger partial charge in [0.25, 0.3) is 0 Å². The van der Waals surface area contributed by atoms with Gasteiger partial charge in [0.1, 0.15) is 0 Å². The number of hydrogen-bond acceptors (Lipinski definition) is 5. The fourth-order valence-electron chi connectivity index (χ4n) is 3.42. The van der Waals surface area contributed by atoms with E-state index in [2.05, 4.69) is 20.5 Å². The average Bonchev–Trinajstić information content (AvgIpc) is 3.09. The fraction of sp³-hybridized carbons (Fsp3) is 0.450. The third kappa shape index (κ3) is 6.15. The lowest BCUT2D eigenvalue weighted by Crippen LogP contribution is -2.42. The SMILES string of the molecule is CN1C[C@@H](NC(=O)Cc2cccs2)CC[C@@H](C(=O)NCc2ccccn2)C1. The van der Waals surface area contributed by atoms with E-state index in [4.69, 9.17) is 0 Å². The van der Waals surface area contributed by atoms with Crippen LogP contribution in [0.3, 0.4) is 0 Å². The summed E-state index contributed by atoms with van der Waals surface area (Å²) in [7, 11) is 2.00. The summed E-state index contributed by atoms with van der Waals surface area (Å²) in [5.41, 5.74) is 0.853. The van der Waals surface area contributed by atoms with Gasteiger partial charge in [0.2, 0.25) is 11.8 Å². The topological polar surface area (TPSA) is 74.3 Å². The Kier molecular flexibility index (Phi) is 6.95. The molecule has 2 aromatic rings. The van der Waals surface area contributed by atoms with Crippen LogP contribution in [-0.4, -0.2) is 47.9 Å². The van der Waals surface area contributed by atoms with Gasteiger partial charge in [0, 0.05) is 30.2 Å². The van der Waals surface area contributed by atoms with Gasteiger partial charge in [-0.2, -0.15) is 0 Å². The summed E-state index contributed by atoms with van der Waals surface area (Å²) in [6.07, 6.45) is 3.72. The van der Waals surface area contributed by atoms with Crippen molar-refractivity contribution in [3.63, 3.8) is 0 Å². The average molecular weight is 387 g/mol. The Morgan fingerprint density at radius 3 is 2.85 bits per heavy atom. The molecule has 2 N–H and O–H groups in total. The number of nitrogens with zero attached hydrogens (tertiary/aromatic N) is 2. The Bertz CT molecular complexity index is 736. The number of nitrogens with one attached hydrogen (secondary N) is 2. The van der Waals surface area contributed by atoms with E-state index in [0.29, 0.717) is 19.5 Å². The second-order valence-electron chi connectivity index (χ2n) is 7.05. The van der Waals surface area contributed by atoms with Crippen molar-refractivity contribution >= 4 is 23.2 Å². The van der Waals surface area contributed by atoms with Gasteiger partial charge in [-0.3, -0.25) is 14.6 Å². The number of amides is 2. The molecule has 6 nitrogen and oxygen atoms in total. The molecule has 1 aliphatic heterocycles. The van der Waals surface area contributed by atoms with Crippen molar-refractivity contribution in [2.75, 3.05) is 20.1 Å². The van der Waals surface area contributed by atoms with E-state index in [1.807, 2.05) is 42.8 Å². The van der Waals surface area contributed by atoms with Gasteiger partial charge < -0.3 is 15.5 Å². The summed E-state index contributed by atoms with van der Waals surface area (Å²) in [6.45, 7) is 1.91. The van der Waals surface area contributed by atoms with Crippen molar-refractivity contribution in [2.24, 2.45) is 5.92 Å². The molecule has 3 heterocycles. The molecule has 2 aromatic heterocycles. The van der Waals surface area contributed by atoms with Gasteiger partial charge in [-0.05, 0) is 43.5 Å². The monoisotopic (exact) mass is 386 g/mol. The van der Waals surface area contributed by atoms with Crippen LogP contribution < -0.4 is 10.6 Å². The van der Waals surface area contributed by atoms with Gasteiger partial charge in [-0.15, -0.1) is 11.3 Å². The molecule has 0 radical (unpaired) electrons.